The monoisotopic (exact) mass is 256 g/mol. The van der Waals surface area contributed by atoms with E-state index in [0.29, 0.717) is 0 Å². The lowest BCUT2D eigenvalue weighted by atomic mass is 9.70. The second kappa shape index (κ2) is 4.12. The maximum atomic E-state index is 12.5. The highest BCUT2D eigenvalue weighted by atomic mass is 16.2. The highest BCUT2D eigenvalue weighted by Crippen LogP contribution is 2.50. The molecule has 3 heteroatoms. The quantitative estimate of drug-likeness (QED) is 0.756. The van der Waals surface area contributed by atoms with E-state index < -0.39 is 0 Å². The fraction of sp³-hybridized carbons (Fsp3) is 0.438. The van der Waals surface area contributed by atoms with Crippen LogP contribution in [0.4, 0.5) is 11.4 Å². The molecule has 3 rings (SSSR count). The number of benzene rings is 1. The van der Waals surface area contributed by atoms with Crippen LogP contribution in [0.1, 0.15) is 50.2 Å². The van der Waals surface area contributed by atoms with Gasteiger partial charge in [-0.2, -0.15) is 0 Å². The maximum absolute atomic E-state index is 12.5. The Morgan fingerprint density at radius 2 is 2.00 bits per heavy atom. The Kier molecular flexibility index (Phi) is 2.66. The summed E-state index contributed by atoms with van der Waals surface area (Å²) in [6.07, 6.45) is 5.32. The standard InChI is InChI=1S/C16H20N2O/c1-10(2)12-8-11(17)9-13-14(12)18-15(19)16(13)6-4-3-5-7-16/h8-9H,1,3-7,17H2,2H3,(H,18,19). The van der Waals surface area contributed by atoms with E-state index in [2.05, 4.69) is 11.9 Å². The average Bonchev–Trinajstić information content (AvgIpc) is 2.64. The predicted molar refractivity (Wildman–Crippen MR) is 79.0 cm³/mol. The fourth-order valence-electron chi connectivity index (χ4n) is 3.52. The summed E-state index contributed by atoms with van der Waals surface area (Å²) >= 11 is 0. The van der Waals surface area contributed by atoms with Gasteiger partial charge in [-0.3, -0.25) is 4.79 Å². The number of nitrogens with one attached hydrogen (secondary N) is 1. The zero-order valence-corrected chi connectivity index (χ0v) is 11.4. The molecule has 19 heavy (non-hydrogen) atoms. The molecule has 1 aromatic carbocycles. The molecule has 0 bridgehead atoms. The Morgan fingerprint density at radius 1 is 1.32 bits per heavy atom. The number of hydrogen-bond acceptors (Lipinski definition) is 2. The molecule has 0 atom stereocenters. The van der Waals surface area contributed by atoms with Gasteiger partial charge in [0.2, 0.25) is 5.91 Å². The number of nitrogens with two attached hydrogens (primary N) is 1. The molecule has 3 N–H and O–H groups in total. The largest absolute Gasteiger partial charge is 0.399 e. The first-order valence-corrected chi connectivity index (χ1v) is 6.96. The highest BCUT2D eigenvalue weighted by Gasteiger charge is 2.47. The summed E-state index contributed by atoms with van der Waals surface area (Å²) in [5.41, 5.74) is 10.4. The van der Waals surface area contributed by atoms with Crippen molar-refractivity contribution in [2.45, 2.75) is 44.4 Å². The third-order valence-electron chi connectivity index (χ3n) is 4.52. The van der Waals surface area contributed by atoms with E-state index in [4.69, 9.17) is 5.73 Å². The van der Waals surface area contributed by atoms with Crippen molar-refractivity contribution < 1.29 is 4.79 Å². The van der Waals surface area contributed by atoms with Crippen LogP contribution in [-0.2, 0) is 10.2 Å². The highest BCUT2D eigenvalue weighted by molar-refractivity contribution is 6.09. The van der Waals surface area contributed by atoms with Gasteiger partial charge in [0.15, 0.2) is 0 Å². The third kappa shape index (κ3) is 1.68. The molecule has 100 valence electrons. The Bertz CT molecular complexity index is 568. The van der Waals surface area contributed by atoms with E-state index in [-0.39, 0.29) is 11.3 Å². The van der Waals surface area contributed by atoms with Crippen LogP contribution in [0.2, 0.25) is 0 Å². The van der Waals surface area contributed by atoms with Crippen LogP contribution in [0.15, 0.2) is 18.7 Å². The van der Waals surface area contributed by atoms with Crippen molar-refractivity contribution >= 4 is 22.9 Å². The van der Waals surface area contributed by atoms with Crippen LogP contribution in [0.25, 0.3) is 5.57 Å². The van der Waals surface area contributed by atoms with Crippen molar-refractivity contribution in [1.82, 2.24) is 0 Å². The summed E-state index contributed by atoms with van der Waals surface area (Å²) in [5, 5.41) is 3.08. The van der Waals surface area contributed by atoms with E-state index in [1.807, 2.05) is 19.1 Å². The Balaban J connectivity index is 2.21. The fourth-order valence-corrected chi connectivity index (χ4v) is 3.52. The van der Waals surface area contributed by atoms with E-state index in [9.17, 15) is 4.79 Å². The number of carbonyl (C=O) groups excluding carboxylic acids is 1. The Labute approximate surface area is 113 Å². The molecule has 1 spiro atoms. The van der Waals surface area contributed by atoms with E-state index in [1.54, 1.807) is 0 Å². The number of carbonyl (C=O) groups is 1. The van der Waals surface area contributed by atoms with Crippen molar-refractivity contribution in [2.75, 3.05) is 11.1 Å². The first-order valence-electron chi connectivity index (χ1n) is 6.96. The van der Waals surface area contributed by atoms with Gasteiger partial charge in [-0.05, 0) is 43.0 Å². The Morgan fingerprint density at radius 3 is 2.63 bits per heavy atom. The first-order chi connectivity index (χ1) is 9.04. The molecule has 0 aromatic heterocycles. The number of allylic oxidation sites excluding steroid dienone is 1. The van der Waals surface area contributed by atoms with Crippen molar-refractivity contribution in [3.63, 3.8) is 0 Å². The molecular weight excluding hydrogens is 236 g/mol. The second-order valence-corrected chi connectivity index (χ2v) is 5.87. The van der Waals surface area contributed by atoms with Gasteiger partial charge in [-0.25, -0.2) is 0 Å². The van der Waals surface area contributed by atoms with E-state index in [0.717, 1.165) is 53.8 Å². The molecule has 3 nitrogen and oxygen atoms in total. The third-order valence-corrected chi connectivity index (χ3v) is 4.52. The predicted octanol–water partition coefficient (Wildman–Crippen LogP) is 3.46. The second-order valence-electron chi connectivity index (χ2n) is 5.87. The number of nitrogen functional groups attached to an aromatic ring is 1. The van der Waals surface area contributed by atoms with Crippen molar-refractivity contribution in [3.05, 3.63) is 29.8 Å². The number of amides is 1. The molecule has 1 saturated carbocycles. The summed E-state index contributed by atoms with van der Waals surface area (Å²) in [6.45, 7) is 5.95. The lowest BCUT2D eigenvalue weighted by molar-refractivity contribution is -0.121. The minimum Gasteiger partial charge on any atom is -0.399 e. The molecule has 1 fully saturated rings. The van der Waals surface area contributed by atoms with Gasteiger partial charge in [-0.15, -0.1) is 0 Å². The molecule has 2 aliphatic rings. The molecule has 1 amide bonds. The lowest BCUT2D eigenvalue weighted by Crippen LogP contribution is -2.36. The van der Waals surface area contributed by atoms with Gasteiger partial charge in [0.25, 0.3) is 0 Å². The summed E-state index contributed by atoms with van der Waals surface area (Å²) in [4.78, 5) is 12.5. The number of rotatable bonds is 1. The lowest BCUT2D eigenvalue weighted by Gasteiger charge is -2.31. The van der Waals surface area contributed by atoms with Gasteiger partial charge in [0, 0.05) is 11.3 Å². The summed E-state index contributed by atoms with van der Waals surface area (Å²) in [5.74, 6) is 0.148. The van der Waals surface area contributed by atoms with Crippen LogP contribution >= 0.6 is 0 Å². The van der Waals surface area contributed by atoms with Crippen molar-refractivity contribution in [3.8, 4) is 0 Å². The number of hydrogen-bond donors (Lipinski definition) is 2. The summed E-state index contributed by atoms with van der Waals surface area (Å²) in [7, 11) is 0. The zero-order valence-electron chi connectivity index (χ0n) is 11.4. The van der Waals surface area contributed by atoms with Crippen molar-refractivity contribution in [2.24, 2.45) is 0 Å². The molecule has 0 saturated heterocycles. The van der Waals surface area contributed by atoms with Crippen LogP contribution in [0.3, 0.4) is 0 Å². The van der Waals surface area contributed by atoms with E-state index >= 15 is 0 Å². The summed E-state index contributed by atoms with van der Waals surface area (Å²) < 4.78 is 0. The van der Waals surface area contributed by atoms with Crippen molar-refractivity contribution in [1.29, 1.82) is 0 Å². The molecule has 1 aromatic rings. The van der Waals surface area contributed by atoms with Crippen LogP contribution in [-0.4, -0.2) is 5.91 Å². The maximum Gasteiger partial charge on any atom is 0.235 e. The van der Waals surface area contributed by atoms with Crippen LogP contribution in [0, 0.1) is 0 Å². The van der Waals surface area contributed by atoms with Crippen LogP contribution < -0.4 is 11.1 Å². The van der Waals surface area contributed by atoms with Gasteiger partial charge in [-0.1, -0.05) is 25.8 Å². The first kappa shape index (κ1) is 12.3. The summed E-state index contributed by atoms with van der Waals surface area (Å²) in [6, 6.07) is 3.88. The number of fused-ring (bicyclic) bond motifs is 2. The molecule has 0 radical (unpaired) electrons. The topological polar surface area (TPSA) is 55.1 Å². The average molecular weight is 256 g/mol. The van der Waals surface area contributed by atoms with Gasteiger partial charge < -0.3 is 11.1 Å². The smallest absolute Gasteiger partial charge is 0.235 e. The molecule has 1 aliphatic heterocycles. The Hall–Kier alpha value is -1.77. The normalized spacial score (nSPS) is 20.2. The molecule has 1 heterocycles. The molecular formula is C16H20N2O. The van der Waals surface area contributed by atoms with E-state index in [1.165, 1.54) is 6.42 Å². The molecule has 0 unspecified atom stereocenters. The minimum atomic E-state index is -0.340. The minimum absolute atomic E-state index is 0.148. The SMILES string of the molecule is C=C(C)c1cc(N)cc2c1NC(=O)C21CCCCC1. The molecule has 1 aliphatic carbocycles. The van der Waals surface area contributed by atoms with Gasteiger partial charge >= 0.3 is 0 Å². The zero-order chi connectivity index (χ0) is 13.6. The number of anilines is 2. The van der Waals surface area contributed by atoms with Gasteiger partial charge in [0.05, 0.1) is 11.1 Å². The van der Waals surface area contributed by atoms with Gasteiger partial charge in [0.1, 0.15) is 0 Å². The van der Waals surface area contributed by atoms with Crippen LogP contribution in [0.5, 0.6) is 0 Å².